The molecule has 98 valence electrons. The van der Waals surface area contributed by atoms with Crippen LogP contribution in [0.25, 0.3) is 0 Å². The topological polar surface area (TPSA) is 49.4 Å². The van der Waals surface area contributed by atoms with Crippen LogP contribution in [0.3, 0.4) is 0 Å². The molecule has 18 heavy (non-hydrogen) atoms. The predicted octanol–water partition coefficient (Wildman–Crippen LogP) is 3.04. The standard InChI is InChI=1S/C13H19N2O2P/c1-5-10-6-7-11-12(8-10)18(4,17)15(9(2)3)13(16)14-11/h6-9H,5H2,1-4H3,(H,14,16). The van der Waals surface area contributed by atoms with E-state index in [-0.39, 0.29) is 12.1 Å². The first-order valence-electron chi connectivity index (χ1n) is 6.19. The summed E-state index contributed by atoms with van der Waals surface area (Å²) in [5.41, 5.74) is 1.82. The number of anilines is 1. The number of benzene rings is 1. The molecule has 0 aliphatic carbocycles. The van der Waals surface area contributed by atoms with Gasteiger partial charge in [0.15, 0.2) is 0 Å². The third-order valence-electron chi connectivity index (χ3n) is 3.27. The molecule has 4 nitrogen and oxygen atoms in total. The van der Waals surface area contributed by atoms with E-state index in [9.17, 15) is 9.36 Å². The van der Waals surface area contributed by atoms with Crippen LogP contribution in [0.2, 0.25) is 0 Å². The van der Waals surface area contributed by atoms with Crippen LogP contribution in [0.15, 0.2) is 18.2 Å². The zero-order valence-corrected chi connectivity index (χ0v) is 12.1. The summed E-state index contributed by atoms with van der Waals surface area (Å²) in [5, 5.41) is 3.57. The van der Waals surface area contributed by atoms with Gasteiger partial charge in [0.25, 0.3) is 0 Å². The van der Waals surface area contributed by atoms with Gasteiger partial charge in [0.2, 0.25) is 7.29 Å². The number of carbonyl (C=O) groups excluding carboxylic acids is 1. The van der Waals surface area contributed by atoms with E-state index in [0.717, 1.165) is 17.3 Å². The predicted molar refractivity (Wildman–Crippen MR) is 75.0 cm³/mol. The second kappa shape index (κ2) is 4.43. The van der Waals surface area contributed by atoms with Gasteiger partial charge in [-0.25, -0.2) is 4.79 Å². The molecule has 0 fully saturated rings. The Balaban J connectivity index is 2.60. The van der Waals surface area contributed by atoms with Crippen LogP contribution in [-0.2, 0) is 11.0 Å². The van der Waals surface area contributed by atoms with E-state index in [4.69, 9.17) is 0 Å². The van der Waals surface area contributed by atoms with Crippen LogP contribution in [0.5, 0.6) is 0 Å². The van der Waals surface area contributed by atoms with Crippen molar-refractivity contribution in [2.45, 2.75) is 33.2 Å². The highest BCUT2D eigenvalue weighted by Crippen LogP contribution is 2.50. The Labute approximate surface area is 108 Å². The van der Waals surface area contributed by atoms with Gasteiger partial charge in [0.05, 0.1) is 11.0 Å². The van der Waals surface area contributed by atoms with Crippen molar-refractivity contribution < 1.29 is 9.36 Å². The molecule has 1 aromatic rings. The average molecular weight is 266 g/mol. The molecule has 2 amide bonds. The lowest BCUT2D eigenvalue weighted by Crippen LogP contribution is -2.44. The molecule has 5 heteroatoms. The molecule has 1 heterocycles. The average Bonchev–Trinajstić information content (AvgIpc) is 2.27. The summed E-state index contributed by atoms with van der Waals surface area (Å²) >= 11 is 0. The fraction of sp³-hybridized carbons (Fsp3) is 0.462. The molecule has 1 aromatic carbocycles. The number of amides is 2. The molecule has 0 aromatic heterocycles. The van der Waals surface area contributed by atoms with Gasteiger partial charge in [0.1, 0.15) is 0 Å². The van der Waals surface area contributed by atoms with Gasteiger partial charge in [0, 0.05) is 12.7 Å². The lowest BCUT2D eigenvalue weighted by atomic mass is 10.1. The molecule has 0 spiro atoms. The first kappa shape index (κ1) is 13.2. The molecule has 0 saturated carbocycles. The molecular formula is C13H19N2O2P. The third-order valence-corrected chi connectivity index (χ3v) is 6.00. The van der Waals surface area contributed by atoms with Crippen LogP contribution in [0.1, 0.15) is 26.3 Å². The van der Waals surface area contributed by atoms with E-state index in [1.165, 1.54) is 4.67 Å². The maximum Gasteiger partial charge on any atom is 0.327 e. The highest BCUT2D eigenvalue weighted by atomic mass is 31.2. The van der Waals surface area contributed by atoms with Gasteiger partial charge < -0.3 is 5.32 Å². The molecule has 2 rings (SSSR count). The van der Waals surface area contributed by atoms with Crippen molar-refractivity contribution in [3.63, 3.8) is 0 Å². The fourth-order valence-electron chi connectivity index (χ4n) is 2.38. The van der Waals surface area contributed by atoms with Crippen molar-refractivity contribution in [2.75, 3.05) is 12.0 Å². The summed E-state index contributed by atoms with van der Waals surface area (Å²) in [6.07, 6.45) is 0.892. The van der Waals surface area contributed by atoms with E-state index >= 15 is 0 Å². The van der Waals surface area contributed by atoms with Gasteiger partial charge >= 0.3 is 6.03 Å². The Bertz CT molecular complexity index is 540. The van der Waals surface area contributed by atoms with Crippen molar-refractivity contribution in [3.8, 4) is 0 Å². The SMILES string of the molecule is CCc1ccc2c(c1)P(C)(=O)N(C(C)C)C(=O)N2. The maximum atomic E-state index is 13.0. The number of rotatable bonds is 2. The Hall–Kier alpha value is -1.28. The number of nitrogens with one attached hydrogen (secondary N) is 1. The van der Waals surface area contributed by atoms with Crippen LogP contribution in [0, 0.1) is 0 Å². The van der Waals surface area contributed by atoms with Crippen molar-refractivity contribution in [3.05, 3.63) is 23.8 Å². The first-order valence-corrected chi connectivity index (χ1v) is 8.30. The number of hydrogen-bond acceptors (Lipinski definition) is 2. The summed E-state index contributed by atoms with van der Waals surface area (Å²) < 4.78 is 14.4. The molecule has 0 radical (unpaired) electrons. The largest absolute Gasteiger partial charge is 0.327 e. The van der Waals surface area contributed by atoms with Gasteiger partial charge in [-0.3, -0.25) is 9.24 Å². The van der Waals surface area contributed by atoms with Gasteiger partial charge in [-0.1, -0.05) is 13.0 Å². The minimum atomic E-state index is -2.82. The highest BCUT2D eigenvalue weighted by molar-refractivity contribution is 7.69. The molecule has 1 unspecified atom stereocenters. The second-order valence-electron chi connectivity index (χ2n) is 4.95. The molecule has 1 N–H and O–H groups in total. The summed E-state index contributed by atoms with van der Waals surface area (Å²) in [6, 6.07) is 5.40. The molecule has 1 atom stereocenters. The van der Waals surface area contributed by atoms with Crippen molar-refractivity contribution >= 4 is 24.3 Å². The van der Waals surface area contributed by atoms with E-state index in [2.05, 4.69) is 12.2 Å². The van der Waals surface area contributed by atoms with Crippen LogP contribution in [-0.4, -0.2) is 23.4 Å². The van der Waals surface area contributed by atoms with Crippen molar-refractivity contribution in [2.24, 2.45) is 0 Å². The third kappa shape index (κ3) is 1.95. The lowest BCUT2D eigenvalue weighted by Gasteiger charge is -2.37. The zero-order valence-electron chi connectivity index (χ0n) is 11.2. The summed E-state index contributed by atoms with van der Waals surface area (Å²) in [7, 11) is -2.82. The smallest absolute Gasteiger partial charge is 0.307 e. The monoisotopic (exact) mass is 266 g/mol. The summed E-state index contributed by atoms with van der Waals surface area (Å²) in [4.78, 5) is 12.0. The summed E-state index contributed by atoms with van der Waals surface area (Å²) in [6.45, 7) is 7.49. The zero-order chi connectivity index (χ0) is 13.5. The number of urea groups is 1. The number of aryl methyl sites for hydroxylation is 1. The number of nitrogens with zero attached hydrogens (tertiary/aromatic N) is 1. The second-order valence-corrected chi connectivity index (χ2v) is 7.62. The minimum absolute atomic E-state index is 0.0840. The first-order chi connectivity index (χ1) is 8.37. The number of fused-ring (bicyclic) bond motifs is 1. The summed E-state index contributed by atoms with van der Waals surface area (Å²) in [5.74, 6) is 0. The normalized spacial score (nSPS) is 22.9. The molecule has 0 saturated heterocycles. The van der Waals surface area contributed by atoms with Gasteiger partial charge in [-0.2, -0.15) is 0 Å². The lowest BCUT2D eigenvalue weighted by molar-refractivity contribution is 0.229. The molecular weight excluding hydrogens is 247 g/mol. The Morgan fingerprint density at radius 2 is 2.06 bits per heavy atom. The van der Waals surface area contributed by atoms with E-state index in [1.807, 2.05) is 32.0 Å². The quantitative estimate of drug-likeness (QED) is 0.836. The highest BCUT2D eigenvalue weighted by Gasteiger charge is 2.39. The van der Waals surface area contributed by atoms with E-state index in [1.54, 1.807) is 6.66 Å². The maximum absolute atomic E-state index is 13.0. The Morgan fingerprint density at radius 3 is 2.61 bits per heavy atom. The Morgan fingerprint density at radius 1 is 1.39 bits per heavy atom. The molecule has 0 bridgehead atoms. The molecule has 1 aliphatic rings. The van der Waals surface area contributed by atoms with E-state index < -0.39 is 7.29 Å². The van der Waals surface area contributed by atoms with Crippen LogP contribution >= 0.6 is 7.29 Å². The van der Waals surface area contributed by atoms with Crippen molar-refractivity contribution in [1.82, 2.24) is 4.67 Å². The minimum Gasteiger partial charge on any atom is -0.307 e. The van der Waals surface area contributed by atoms with Crippen molar-refractivity contribution in [1.29, 1.82) is 0 Å². The van der Waals surface area contributed by atoms with E-state index in [0.29, 0.717) is 5.69 Å². The molecule has 1 aliphatic heterocycles. The fourth-order valence-corrected chi connectivity index (χ4v) is 4.88. The number of hydrogen-bond donors (Lipinski definition) is 1. The Kier molecular flexibility index (Phi) is 3.24. The van der Waals surface area contributed by atoms with Gasteiger partial charge in [-0.05, 0) is 38.0 Å². The van der Waals surface area contributed by atoms with Gasteiger partial charge in [-0.15, -0.1) is 0 Å². The van der Waals surface area contributed by atoms with Crippen LogP contribution in [0.4, 0.5) is 10.5 Å². The van der Waals surface area contributed by atoms with Crippen LogP contribution < -0.4 is 10.6 Å². The number of carbonyl (C=O) groups is 1.